The highest BCUT2D eigenvalue weighted by Gasteiger charge is 2.20. The van der Waals surface area contributed by atoms with Gasteiger partial charge in [-0.3, -0.25) is 0 Å². The number of aromatic nitrogens is 2. The Labute approximate surface area is 148 Å². The molecule has 0 bridgehead atoms. The first kappa shape index (κ1) is 15.7. The van der Waals surface area contributed by atoms with E-state index in [-0.39, 0.29) is 0 Å². The third-order valence-corrected chi connectivity index (χ3v) is 6.26. The highest BCUT2D eigenvalue weighted by Crippen LogP contribution is 2.38. The summed E-state index contributed by atoms with van der Waals surface area (Å²) in [6.07, 6.45) is 3.46. The summed E-state index contributed by atoms with van der Waals surface area (Å²) >= 11 is 3.35. The predicted molar refractivity (Wildman–Crippen MR) is 99.3 cm³/mol. The molecule has 0 aliphatic heterocycles. The highest BCUT2D eigenvalue weighted by molar-refractivity contribution is 7.22. The van der Waals surface area contributed by atoms with Gasteiger partial charge in [-0.1, -0.05) is 18.3 Å². The first-order valence-electron chi connectivity index (χ1n) is 7.94. The van der Waals surface area contributed by atoms with E-state index in [2.05, 4.69) is 17.2 Å². The van der Waals surface area contributed by atoms with Crippen LogP contribution in [0, 0.1) is 5.92 Å². The third kappa shape index (κ3) is 2.82. The lowest BCUT2D eigenvalue weighted by Gasteiger charge is -2.15. The van der Waals surface area contributed by atoms with Crippen LogP contribution in [0.3, 0.4) is 0 Å². The molecule has 0 amide bonds. The van der Waals surface area contributed by atoms with Crippen molar-refractivity contribution in [2.45, 2.75) is 26.2 Å². The second-order valence-electron chi connectivity index (χ2n) is 6.06. The van der Waals surface area contributed by atoms with Gasteiger partial charge in [-0.25, -0.2) is 9.97 Å². The van der Waals surface area contributed by atoms with Gasteiger partial charge in [0.15, 0.2) is 21.8 Å². The summed E-state index contributed by atoms with van der Waals surface area (Å²) in [6.45, 7) is 2.31. The molecule has 1 aromatic carbocycles. The van der Waals surface area contributed by atoms with Crippen molar-refractivity contribution in [1.82, 2.24) is 9.97 Å². The molecule has 7 heteroatoms. The first-order chi connectivity index (χ1) is 11.7. The van der Waals surface area contributed by atoms with E-state index in [1.54, 1.807) is 36.9 Å². The van der Waals surface area contributed by atoms with Gasteiger partial charge in [0.2, 0.25) is 0 Å². The number of hydrogen-bond donors (Lipinski definition) is 1. The van der Waals surface area contributed by atoms with Crippen molar-refractivity contribution in [2.24, 2.45) is 5.92 Å². The molecule has 1 N–H and O–H groups in total. The lowest BCUT2D eigenvalue weighted by molar-refractivity contribution is 0.356. The van der Waals surface area contributed by atoms with Crippen LogP contribution in [0.2, 0.25) is 0 Å². The molecule has 126 valence electrons. The number of thiazole rings is 2. The number of nitrogens with zero attached hydrogens (tertiary/aromatic N) is 2. The summed E-state index contributed by atoms with van der Waals surface area (Å²) in [5.41, 5.74) is 2.15. The van der Waals surface area contributed by atoms with Crippen molar-refractivity contribution in [1.29, 1.82) is 0 Å². The summed E-state index contributed by atoms with van der Waals surface area (Å²) in [5.74, 6) is 2.17. The van der Waals surface area contributed by atoms with Gasteiger partial charge < -0.3 is 14.8 Å². The van der Waals surface area contributed by atoms with Gasteiger partial charge in [0.05, 0.1) is 30.1 Å². The lowest BCUT2D eigenvalue weighted by atomic mass is 9.93. The average Bonchev–Trinajstić information content (AvgIpc) is 3.15. The zero-order chi connectivity index (χ0) is 16.7. The molecule has 0 saturated heterocycles. The molecule has 1 aliphatic rings. The van der Waals surface area contributed by atoms with Crippen molar-refractivity contribution in [3.8, 4) is 11.5 Å². The number of aryl methyl sites for hydroxylation is 1. The fourth-order valence-corrected chi connectivity index (χ4v) is 5.10. The number of nitrogens with one attached hydrogen (secondary N) is 1. The molecule has 1 aliphatic carbocycles. The van der Waals surface area contributed by atoms with E-state index in [9.17, 15) is 0 Å². The zero-order valence-corrected chi connectivity index (χ0v) is 15.5. The van der Waals surface area contributed by atoms with Crippen molar-refractivity contribution in [3.63, 3.8) is 0 Å². The predicted octanol–water partition coefficient (Wildman–Crippen LogP) is 4.64. The molecule has 1 unspecified atom stereocenters. The van der Waals surface area contributed by atoms with Crippen LogP contribution < -0.4 is 14.8 Å². The summed E-state index contributed by atoms with van der Waals surface area (Å²) < 4.78 is 11.8. The summed E-state index contributed by atoms with van der Waals surface area (Å²) in [4.78, 5) is 10.8. The van der Waals surface area contributed by atoms with Crippen LogP contribution in [-0.2, 0) is 12.8 Å². The Morgan fingerprint density at radius 3 is 2.62 bits per heavy atom. The molecule has 0 saturated carbocycles. The number of anilines is 2. The van der Waals surface area contributed by atoms with Crippen molar-refractivity contribution in [2.75, 3.05) is 19.5 Å². The molecule has 0 fully saturated rings. The maximum Gasteiger partial charge on any atom is 0.190 e. The maximum absolute atomic E-state index is 5.36. The third-order valence-electron chi connectivity index (χ3n) is 4.29. The number of benzene rings is 1. The van der Waals surface area contributed by atoms with Crippen LogP contribution in [0.1, 0.15) is 23.9 Å². The van der Waals surface area contributed by atoms with Gasteiger partial charge in [0.1, 0.15) is 0 Å². The first-order valence-corrected chi connectivity index (χ1v) is 9.57. The molecule has 2 aromatic heterocycles. The Hall–Kier alpha value is -1.86. The summed E-state index contributed by atoms with van der Waals surface area (Å²) in [6, 6.07) is 3.87. The van der Waals surface area contributed by atoms with E-state index in [0.717, 1.165) is 45.0 Å². The monoisotopic (exact) mass is 361 g/mol. The van der Waals surface area contributed by atoms with E-state index in [1.807, 2.05) is 12.1 Å². The van der Waals surface area contributed by atoms with Crippen LogP contribution in [0.4, 0.5) is 10.3 Å². The molecule has 24 heavy (non-hydrogen) atoms. The lowest BCUT2D eigenvalue weighted by Crippen LogP contribution is -2.09. The minimum Gasteiger partial charge on any atom is -0.493 e. The zero-order valence-electron chi connectivity index (χ0n) is 13.9. The van der Waals surface area contributed by atoms with E-state index in [1.165, 1.54) is 17.0 Å². The van der Waals surface area contributed by atoms with E-state index >= 15 is 0 Å². The van der Waals surface area contributed by atoms with E-state index in [4.69, 9.17) is 14.5 Å². The maximum atomic E-state index is 5.36. The molecular formula is C17H19N3O2S2. The van der Waals surface area contributed by atoms with E-state index in [0.29, 0.717) is 5.75 Å². The largest absolute Gasteiger partial charge is 0.493 e. The molecule has 4 rings (SSSR count). The van der Waals surface area contributed by atoms with Gasteiger partial charge in [-0.05, 0) is 25.2 Å². The van der Waals surface area contributed by atoms with Crippen LogP contribution in [0.15, 0.2) is 12.1 Å². The minimum absolute atomic E-state index is 0.695. The molecule has 0 spiro atoms. The Balaban J connectivity index is 1.63. The Morgan fingerprint density at radius 2 is 1.83 bits per heavy atom. The molecule has 0 radical (unpaired) electrons. The minimum atomic E-state index is 0.695. The average molecular weight is 361 g/mol. The molecule has 5 nitrogen and oxygen atoms in total. The topological polar surface area (TPSA) is 56.3 Å². The number of methoxy groups -OCH3 is 2. The fourth-order valence-electron chi connectivity index (χ4n) is 2.99. The Kier molecular flexibility index (Phi) is 4.05. The number of ether oxygens (including phenoxy) is 2. The second-order valence-corrected chi connectivity index (χ2v) is 8.17. The Bertz CT molecular complexity index is 846. The number of hydrogen-bond acceptors (Lipinski definition) is 7. The summed E-state index contributed by atoms with van der Waals surface area (Å²) in [7, 11) is 3.28. The van der Waals surface area contributed by atoms with Crippen LogP contribution >= 0.6 is 22.7 Å². The van der Waals surface area contributed by atoms with Crippen molar-refractivity contribution >= 4 is 43.2 Å². The molecular weight excluding hydrogens is 342 g/mol. The Morgan fingerprint density at radius 1 is 1.08 bits per heavy atom. The standard InChI is InChI=1S/C17H19N3O2S2/c1-9-4-5-10-14(6-9)23-16(18-10)20-17-19-11-7-12(21-2)13(22-3)8-15(11)24-17/h7-9H,4-6H2,1-3H3,(H,18,19,20). The number of rotatable bonds is 4. The summed E-state index contributed by atoms with van der Waals surface area (Å²) in [5, 5.41) is 5.16. The van der Waals surface area contributed by atoms with E-state index < -0.39 is 0 Å². The normalized spacial score (nSPS) is 16.9. The number of fused-ring (bicyclic) bond motifs is 2. The highest BCUT2D eigenvalue weighted by atomic mass is 32.1. The van der Waals surface area contributed by atoms with Crippen LogP contribution in [0.25, 0.3) is 10.2 Å². The quantitative estimate of drug-likeness (QED) is 0.734. The molecule has 3 aromatic rings. The van der Waals surface area contributed by atoms with Crippen molar-refractivity contribution < 1.29 is 9.47 Å². The molecule has 1 atom stereocenters. The molecule has 2 heterocycles. The van der Waals surface area contributed by atoms with Crippen molar-refractivity contribution in [3.05, 3.63) is 22.7 Å². The smallest absolute Gasteiger partial charge is 0.190 e. The van der Waals surface area contributed by atoms with Gasteiger partial charge in [-0.15, -0.1) is 11.3 Å². The second kappa shape index (κ2) is 6.22. The van der Waals surface area contributed by atoms with Gasteiger partial charge >= 0.3 is 0 Å². The van der Waals surface area contributed by atoms with Gasteiger partial charge in [0.25, 0.3) is 0 Å². The van der Waals surface area contributed by atoms with Crippen LogP contribution in [-0.4, -0.2) is 24.2 Å². The fraction of sp³-hybridized carbons (Fsp3) is 0.412. The SMILES string of the molecule is COc1cc2nc(Nc3nc4c(s3)CC(C)CC4)sc2cc1OC. The van der Waals surface area contributed by atoms with Gasteiger partial charge in [-0.2, -0.15) is 0 Å². The van der Waals surface area contributed by atoms with Crippen LogP contribution in [0.5, 0.6) is 11.5 Å². The van der Waals surface area contributed by atoms with Gasteiger partial charge in [0, 0.05) is 17.0 Å².